The predicted molar refractivity (Wildman–Crippen MR) is 36.5 cm³/mol. The summed E-state index contributed by atoms with van der Waals surface area (Å²) in [6, 6.07) is 0. The van der Waals surface area contributed by atoms with Crippen molar-refractivity contribution in [2.75, 3.05) is 13.2 Å². The molecule has 0 amide bonds. The molecule has 0 aliphatic carbocycles. The number of hydrogen-bond acceptors (Lipinski definition) is 1. The van der Waals surface area contributed by atoms with E-state index in [0.717, 1.165) is 26.1 Å². The van der Waals surface area contributed by atoms with Gasteiger partial charge < -0.3 is 36.5 Å². The first-order chi connectivity index (χ1) is 3.41. The molecule has 0 aromatic heterocycles. The summed E-state index contributed by atoms with van der Waals surface area (Å²) >= 11 is 0. The fraction of sp³-hybridized carbons (Fsp3) is 0.667. The van der Waals surface area contributed by atoms with Crippen molar-refractivity contribution in [2.45, 2.75) is 12.8 Å². The third-order valence-corrected chi connectivity index (χ3v) is 0.577. The van der Waals surface area contributed by atoms with E-state index in [2.05, 4.69) is 13.8 Å². The minimum absolute atomic E-state index is 0. The molecule has 0 aromatic carbocycles. The van der Waals surface area contributed by atoms with Gasteiger partial charge in [-0.1, -0.05) is 0 Å². The van der Waals surface area contributed by atoms with E-state index in [9.17, 15) is 0 Å². The van der Waals surface area contributed by atoms with Crippen LogP contribution in [0.1, 0.15) is 12.8 Å². The van der Waals surface area contributed by atoms with Crippen molar-refractivity contribution < 1.29 is 29.6 Å². The molecule has 1 nitrogen and oxygen atoms in total. The van der Waals surface area contributed by atoms with Crippen molar-refractivity contribution in [1.82, 2.24) is 0 Å². The van der Waals surface area contributed by atoms with E-state index in [0.29, 0.717) is 0 Å². The summed E-state index contributed by atoms with van der Waals surface area (Å²) in [7, 11) is 0. The van der Waals surface area contributed by atoms with E-state index in [-0.39, 0.29) is 48.7 Å². The fourth-order valence-corrected chi connectivity index (χ4v) is 0.306. The van der Waals surface area contributed by atoms with Crippen molar-refractivity contribution in [3.63, 3.8) is 0 Å². The Morgan fingerprint density at radius 1 is 1.20 bits per heavy atom. The van der Waals surface area contributed by atoms with Crippen molar-refractivity contribution >= 4 is 23.9 Å². The Labute approximate surface area is 93.1 Å². The minimum Gasteiger partial charge on any atom is -1.00 e. The van der Waals surface area contributed by atoms with Gasteiger partial charge in [-0.15, -0.1) is 0 Å². The average Bonchev–Trinajstić information content (AvgIpc) is 1.69. The Bertz CT molecular complexity index is 34.9. The molecule has 0 spiro atoms. The Balaban J connectivity index is -0.0000000600. The van der Waals surface area contributed by atoms with Crippen LogP contribution in [0, 0.1) is 13.8 Å². The third kappa shape index (κ3) is 22.9. The molecule has 0 bridgehead atoms. The van der Waals surface area contributed by atoms with Gasteiger partial charge in [-0.25, -0.2) is 0 Å². The maximum Gasteiger partial charge on any atom is 2.00 e. The summed E-state index contributed by atoms with van der Waals surface area (Å²) in [5, 5.41) is 0. The van der Waals surface area contributed by atoms with Gasteiger partial charge in [-0.3, -0.25) is 0 Å². The van der Waals surface area contributed by atoms with Gasteiger partial charge in [0.05, 0.1) is 13.5 Å². The Kier molecular flexibility index (Phi) is 50.5. The van der Waals surface area contributed by atoms with Crippen LogP contribution < -0.4 is 24.8 Å². The molecule has 0 fully saturated rings. The molecule has 60 valence electrons. The smallest absolute Gasteiger partial charge is 1.00 e. The normalized spacial score (nSPS) is 6.50. The number of hydrogen-bond donors (Lipinski definition) is 0. The molecule has 0 aliphatic heterocycles. The topological polar surface area (TPSA) is 9.23 Å². The SMILES string of the molecule is [CH2+]CCOCC[CH2-].[Cl-].[Cl-].[Sn+2]. The molecule has 0 heterocycles. The van der Waals surface area contributed by atoms with Crippen LogP contribution in [0.5, 0.6) is 0 Å². The summed E-state index contributed by atoms with van der Waals surface area (Å²) in [6.45, 7) is 8.77. The molecule has 2 radical (unpaired) electrons. The predicted octanol–water partition coefficient (Wildman–Crippen LogP) is -4.92. The van der Waals surface area contributed by atoms with Crippen LogP contribution in [-0.4, -0.2) is 37.1 Å². The molecule has 0 aromatic rings. The van der Waals surface area contributed by atoms with Gasteiger partial charge >= 0.3 is 23.9 Å². The van der Waals surface area contributed by atoms with Crippen molar-refractivity contribution in [1.29, 1.82) is 0 Å². The monoisotopic (exact) mass is 290 g/mol. The first-order valence-electron chi connectivity index (χ1n) is 2.58. The van der Waals surface area contributed by atoms with Gasteiger partial charge in [0, 0.05) is 6.61 Å². The molecule has 4 heteroatoms. The zero-order chi connectivity index (χ0) is 5.54. The van der Waals surface area contributed by atoms with Gasteiger partial charge in [0.2, 0.25) is 0 Å². The van der Waals surface area contributed by atoms with Crippen molar-refractivity contribution in [2.24, 2.45) is 0 Å². The second kappa shape index (κ2) is 22.5. The molecular weight excluding hydrogens is 278 g/mol. The standard InChI is InChI=1S/C6H12O.2ClH.Sn/c1-3-5-7-6-4-2;;;/h1-6H2;2*1H;/q;;;+2/p-2. The molecular formula is C6H12Cl2OSn. The Hall–Kier alpha value is 1.21. The third-order valence-electron chi connectivity index (χ3n) is 0.577. The van der Waals surface area contributed by atoms with Gasteiger partial charge in [0.25, 0.3) is 0 Å². The molecule has 0 atom stereocenters. The van der Waals surface area contributed by atoms with Gasteiger partial charge in [-0.2, -0.15) is 6.42 Å². The van der Waals surface area contributed by atoms with E-state index in [1.807, 2.05) is 0 Å². The van der Waals surface area contributed by atoms with E-state index in [4.69, 9.17) is 4.74 Å². The summed E-state index contributed by atoms with van der Waals surface area (Å²) in [5.74, 6) is 0. The molecule has 0 saturated carbocycles. The van der Waals surface area contributed by atoms with E-state index in [1.54, 1.807) is 0 Å². The minimum atomic E-state index is 0. The van der Waals surface area contributed by atoms with Crippen LogP contribution in [0.2, 0.25) is 0 Å². The molecule has 0 aliphatic rings. The van der Waals surface area contributed by atoms with Crippen LogP contribution >= 0.6 is 0 Å². The maximum atomic E-state index is 5.01. The van der Waals surface area contributed by atoms with Gasteiger partial charge in [0.1, 0.15) is 6.42 Å². The summed E-state index contributed by atoms with van der Waals surface area (Å²) in [4.78, 5) is 0. The van der Waals surface area contributed by atoms with E-state index in [1.165, 1.54) is 0 Å². The zero-order valence-electron chi connectivity index (χ0n) is 5.91. The number of halogens is 2. The van der Waals surface area contributed by atoms with Crippen LogP contribution in [0.25, 0.3) is 0 Å². The molecule has 0 N–H and O–H groups in total. The Morgan fingerprint density at radius 3 is 2.00 bits per heavy atom. The van der Waals surface area contributed by atoms with E-state index >= 15 is 0 Å². The average molecular weight is 290 g/mol. The largest absolute Gasteiger partial charge is 2.00 e. The van der Waals surface area contributed by atoms with Crippen LogP contribution in [-0.2, 0) is 4.74 Å². The van der Waals surface area contributed by atoms with Crippen LogP contribution in [0.4, 0.5) is 0 Å². The van der Waals surface area contributed by atoms with Crippen molar-refractivity contribution in [3.05, 3.63) is 13.8 Å². The van der Waals surface area contributed by atoms with Crippen LogP contribution in [0.3, 0.4) is 0 Å². The molecule has 0 rings (SSSR count). The second-order valence-electron chi connectivity index (χ2n) is 1.32. The first kappa shape index (κ1) is 22.5. The molecule has 0 saturated heterocycles. The summed E-state index contributed by atoms with van der Waals surface area (Å²) in [6.07, 6.45) is 1.72. The van der Waals surface area contributed by atoms with Gasteiger partial charge in [0.15, 0.2) is 0 Å². The second-order valence-corrected chi connectivity index (χ2v) is 1.32. The first-order valence-corrected chi connectivity index (χ1v) is 2.58. The molecule has 0 unspecified atom stereocenters. The Morgan fingerprint density at radius 2 is 1.70 bits per heavy atom. The van der Waals surface area contributed by atoms with Crippen LogP contribution in [0.15, 0.2) is 0 Å². The van der Waals surface area contributed by atoms with Gasteiger partial charge in [-0.05, 0) is 0 Å². The number of rotatable bonds is 4. The van der Waals surface area contributed by atoms with E-state index < -0.39 is 0 Å². The number of ether oxygens (including phenoxy) is 1. The maximum absolute atomic E-state index is 5.01. The quantitative estimate of drug-likeness (QED) is 0.286. The fourth-order valence-electron chi connectivity index (χ4n) is 0.306. The summed E-state index contributed by atoms with van der Waals surface area (Å²) in [5.41, 5.74) is 0. The zero-order valence-corrected chi connectivity index (χ0v) is 10.3. The summed E-state index contributed by atoms with van der Waals surface area (Å²) < 4.78 is 5.01. The molecule has 10 heavy (non-hydrogen) atoms. The van der Waals surface area contributed by atoms with Crippen molar-refractivity contribution in [3.8, 4) is 0 Å².